The molecule has 0 fully saturated rings. The number of nitrogens with zero attached hydrogens (tertiary/aromatic N) is 6. The second-order valence-electron chi connectivity index (χ2n) is 5.66. The van der Waals surface area contributed by atoms with Gasteiger partial charge in [-0.1, -0.05) is 70.8 Å². The molecule has 0 saturated heterocycles. The Hall–Kier alpha value is -2.36. The van der Waals surface area contributed by atoms with Crippen LogP contribution in [0.3, 0.4) is 0 Å². The van der Waals surface area contributed by atoms with Gasteiger partial charge in [-0.25, -0.2) is 0 Å². The number of thioether (sulfide) groups is 1. The van der Waals surface area contributed by atoms with E-state index in [-0.39, 0.29) is 0 Å². The number of hydrogen-bond acceptors (Lipinski definition) is 8. The van der Waals surface area contributed by atoms with Crippen LogP contribution in [0.5, 0.6) is 0 Å². The van der Waals surface area contributed by atoms with E-state index in [4.69, 9.17) is 5.10 Å². The van der Waals surface area contributed by atoms with Crippen molar-refractivity contribution in [3.8, 4) is 10.6 Å². The third kappa shape index (κ3) is 2.87. The van der Waals surface area contributed by atoms with Gasteiger partial charge in [-0.05, 0) is 23.8 Å². The Morgan fingerprint density at radius 2 is 1.85 bits per heavy atom. The summed E-state index contributed by atoms with van der Waals surface area (Å²) < 4.78 is 2.76. The molecule has 5 rings (SSSR count). The van der Waals surface area contributed by atoms with E-state index in [1.807, 2.05) is 11.4 Å². The minimum absolute atomic E-state index is 0.663. The summed E-state index contributed by atoms with van der Waals surface area (Å²) in [5.74, 6) is 1.48. The standard InChI is InChI=1S/C17H12N6S3/c1-10-18-21-17(25-10)24-9-14-19-20-16-23(14)22-15(26-16)13-7-6-11-4-2-3-5-12(11)8-13/h2-8H,9H2,1H3. The van der Waals surface area contributed by atoms with Crippen molar-refractivity contribution in [2.24, 2.45) is 0 Å². The average Bonchev–Trinajstić information content (AvgIpc) is 3.36. The van der Waals surface area contributed by atoms with Crippen LogP contribution < -0.4 is 0 Å². The zero-order valence-corrected chi connectivity index (χ0v) is 16.1. The highest BCUT2D eigenvalue weighted by Crippen LogP contribution is 2.30. The largest absolute Gasteiger partial charge is 0.235 e. The number of rotatable bonds is 4. The molecule has 0 aliphatic rings. The molecule has 0 spiro atoms. The van der Waals surface area contributed by atoms with Crippen LogP contribution in [0, 0.1) is 6.92 Å². The SMILES string of the molecule is Cc1nnc(SCc2nnc3sc(-c4ccc5ccccc5c4)nn23)s1. The monoisotopic (exact) mass is 396 g/mol. The van der Waals surface area contributed by atoms with Gasteiger partial charge >= 0.3 is 0 Å². The molecule has 0 aliphatic carbocycles. The van der Waals surface area contributed by atoms with Crippen molar-refractivity contribution >= 4 is 50.2 Å². The van der Waals surface area contributed by atoms with Crippen molar-refractivity contribution in [1.29, 1.82) is 0 Å². The molecule has 0 saturated carbocycles. The Kier molecular flexibility index (Phi) is 3.92. The van der Waals surface area contributed by atoms with Gasteiger partial charge in [0.15, 0.2) is 10.2 Å². The molecule has 3 heterocycles. The molecule has 6 nitrogen and oxygen atoms in total. The molecule has 0 bridgehead atoms. The summed E-state index contributed by atoms with van der Waals surface area (Å²) in [5.41, 5.74) is 1.09. The van der Waals surface area contributed by atoms with Crippen LogP contribution in [0.15, 0.2) is 46.8 Å². The Labute approximate surface area is 160 Å². The van der Waals surface area contributed by atoms with Crippen LogP contribution in [-0.2, 0) is 5.75 Å². The summed E-state index contributed by atoms with van der Waals surface area (Å²) in [4.78, 5) is 0.803. The van der Waals surface area contributed by atoms with Crippen LogP contribution >= 0.6 is 34.4 Å². The molecule has 9 heteroatoms. The van der Waals surface area contributed by atoms with Crippen molar-refractivity contribution < 1.29 is 0 Å². The van der Waals surface area contributed by atoms with Crippen molar-refractivity contribution in [3.05, 3.63) is 53.3 Å². The topological polar surface area (TPSA) is 68.9 Å². The van der Waals surface area contributed by atoms with Gasteiger partial charge < -0.3 is 0 Å². The maximum Gasteiger partial charge on any atom is 0.235 e. The molecule has 128 valence electrons. The summed E-state index contributed by atoms with van der Waals surface area (Å²) in [6.45, 7) is 1.95. The smallest absolute Gasteiger partial charge is 0.186 e. The summed E-state index contributed by atoms with van der Waals surface area (Å²) >= 11 is 4.74. The van der Waals surface area contributed by atoms with E-state index in [1.54, 1.807) is 34.4 Å². The van der Waals surface area contributed by atoms with Crippen LogP contribution in [0.1, 0.15) is 10.8 Å². The number of benzene rings is 2. The molecule has 5 aromatic rings. The first kappa shape index (κ1) is 15.9. The summed E-state index contributed by atoms with van der Waals surface area (Å²) in [6, 6.07) is 14.7. The fourth-order valence-electron chi connectivity index (χ4n) is 2.65. The molecule has 0 amide bonds. The lowest BCUT2D eigenvalue weighted by Gasteiger charge is -2.00. The van der Waals surface area contributed by atoms with Gasteiger partial charge in [-0.15, -0.1) is 20.4 Å². The highest BCUT2D eigenvalue weighted by atomic mass is 32.2. The summed E-state index contributed by atoms with van der Waals surface area (Å²) in [7, 11) is 0. The molecule has 0 atom stereocenters. The fraction of sp³-hybridized carbons (Fsp3) is 0.118. The van der Waals surface area contributed by atoms with E-state index in [9.17, 15) is 0 Å². The predicted octanol–water partition coefficient (Wildman–Crippen LogP) is 4.46. The van der Waals surface area contributed by atoms with Gasteiger partial charge in [0.2, 0.25) is 4.96 Å². The quantitative estimate of drug-likeness (QED) is 0.418. The van der Waals surface area contributed by atoms with Crippen molar-refractivity contribution in [2.45, 2.75) is 17.0 Å². The van der Waals surface area contributed by atoms with E-state index < -0.39 is 0 Å². The summed E-state index contributed by atoms with van der Waals surface area (Å²) in [6.07, 6.45) is 0. The lowest BCUT2D eigenvalue weighted by Crippen LogP contribution is -1.94. The summed E-state index contributed by atoms with van der Waals surface area (Å²) in [5, 5.41) is 25.8. The Balaban J connectivity index is 1.46. The number of aryl methyl sites for hydroxylation is 1. The van der Waals surface area contributed by atoms with Crippen LogP contribution in [0.25, 0.3) is 26.3 Å². The van der Waals surface area contributed by atoms with Gasteiger partial charge in [-0.3, -0.25) is 0 Å². The average molecular weight is 397 g/mol. The third-order valence-electron chi connectivity index (χ3n) is 3.88. The highest BCUT2D eigenvalue weighted by molar-refractivity contribution is 8.00. The lowest BCUT2D eigenvalue weighted by atomic mass is 10.1. The van der Waals surface area contributed by atoms with Crippen LogP contribution in [-0.4, -0.2) is 30.0 Å². The van der Waals surface area contributed by atoms with E-state index in [0.717, 1.165) is 30.7 Å². The van der Waals surface area contributed by atoms with Crippen molar-refractivity contribution in [2.75, 3.05) is 0 Å². The second kappa shape index (κ2) is 6.42. The minimum atomic E-state index is 0.663. The van der Waals surface area contributed by atoms with Crippen LogP contribution in [0.2, 0.25) is 0 Å². The molecule has 0 unspecified atom stereocenters. The van der Waals surface area contributed by atoms with Gasteiger partial charge in [0.05, 0.1) is 5.75 Å². The van der Waals surface area contributed by atoms with Gasteiger partial charge in [0, 0.05) is 5.56 Å². The van der Waals surface area contributed by atoms with Crippen molar-refractivity contribution in [1.82, 2.24) is 30.0 Å². The van der Waals surface area contributed by atoms with E-state index in [1.165, 1.54) is 10.8 Å². The van der Waals surface area contributed by atoms with Gasteiger partial charge in [-0.2, -0.15) is 9.61 Å². The Bertz CT molecular complexity index is 1220. The molecule has 26 heavy (non-hydrogen) atoms. The van der Waals surface area contributed by atoms with E-state index >= 15 is 0 Å². The van der Waals surface area contributed by atoms with Gasteiger partial charge in [0.25, 0.3) is 0 Å². The first-order chi connectivity index (χ1) is 12.8. The second-order valence-corrected chi connectivity index (χ2v) is 9.02. The first-order valence-corrected chi connectivity index (χ1v) is 10.5. The highest BCUT2D eigenvalue weighted by Gasteiger charge is 2.14. The number of fused-ring (bicyclic) bond motifs is 2. The Morgan fingerprint density at radius 1 is 0.962 bits per heavy atom. The number of hydrogen-bond donors (Lipinski definition) is 0. The normalized spacial score (nSPS) is 11.6. The van der Waals surface area contributed by atoms with E-state index in [2.05, 4.69) is 62.9 Å². The van der Waals surface area contributed by atoms with Gasteiger partial charge in [0.1, 0.15) is 10.0 Å². The first-order valence-electron chi connectivity index (χ1n) is 7.89. The van der Waals surface area contributed by atoms with E-state index in [0.29, 0.717) is 5.75 Å². The fourth-order valence-corrected chi connectivity index (χ4v) is 5.23. The zero-order valence-electron chi connectivity index (χ0n) is 13.7. The maximum absolute atomic E-state index is 4.73. The molecule has 2 aromatic carbocycles. The molecular formula is C17H12N6S3. The molecule has 0 aliphatic heterocycles. The molecule has 0 radical (unpaired) electrons. The molecular weight excluding hydrogens is 384 g/mol. The predicted molar refractivity (Wildman–Crippen MR) is 106 cm³/mol. The van der Waals surface area contributed by atoms with Crippen molar-refractivity contribution in [3.63, 3.8) is 0 Å². The third-order valence-corrected chi connectivity index (χ3v) is 6.80. The maximum atomic E-state index is 4.73. The molecule has 3 aromatic heterocycles. The zero-order chi connectivity index (χ0) is 17.5. The van der Waals surface area contributed by atoms with Crippen LogP contribution in [0.4, 0.5) is 0 Å². The number of aromatic nitrogens is 6. The Morgan fingerprint density at radius 3 is 2.69 bits per heavy atom. The lowest BCUT2D eigenvalue weighted by molar-refractivity contribution is 0.886. The minimum Gasteiger partial charge on any atom is -0.186 e. The molecule has 0 N–H and O–H groups in total.